The minimum atomic E-state index is -0.372. The monoisotopic (exact) mass is 427 g/mol. The molecule has 3 aromatic rings. The van der Waals surface area contributed by atoms with Gasteiger partial charge >= 0.3 is 5.95 Å². The number of halogens is 1. The van der Waals surface area contributed by atoms with Crippen LogP contribution in [0.5, 0.6) is 0 Å². The van der Waals surface area contributed by atoms with Crippen LogP contribution in [0, 0.1) is 0 Å². The number of thiazole rings is 1. The lowest BCUT2D eigenvalue weighted by molar-refractivity contribution is -0.117. The quantitative estimate of drug-likeness (QED) is 0.568. The number of aliphatic hydroxyl groups is 1. The second-order valence-corrected chi connectivity index (χ2v) is 7.20. The predicted molar refractivity (Wildman–Crippen MR) is 109 cm³/mol. The topological polar surface area (TPSA) is 99.4 Å². The number of nitrogens with zero attached hydrogens (tertiary/aromatic N) is 4. The molecule has 0 saturated carbocycles. The summed E-state index contributed by atoms with van der Waals surface area (Å²) < 4.78 is 0. The number of hydrogen-bond donors (Lipinski definition) is 2. The van der Waals surface area contributed by atoms with Gasteiger partial charge in [-0.3, -0.25) is 4.79 Å². The van der Waals surface area contributed by atoms with Gasteiger partial charge in [-0.15, -0.1) is 21.6 Å². The zero-order valence-electron chi connectivity index (χ0n) is 14.8. The van der Waals surface area contributed by atoms with Gasteiger partial charge in [0.25, 0.3) is 5.91 Å². The fraction of sp³-hybridized carbons (Fsp3) is 0.0526. The van der Waals surface area contributed by atoms with Gasteiger partial charge in [-0.05, 0) is 29.8 Å². The maximum atomic E-state index is 12.0. The SMILES string of the molecule is O=C(Cc1ccccc1)N=Nc1nc(C2=C(O)ONN2c2ccc(Cl)cc2)cs1. The van der Waals surface area contributed by atoms with Gasteiger partial charge in [0.05, 0.1) is 12.1 Å². The van der Waals surface area contributed by atoms with Crippen molar-refractivity contribution >= 4 is 45.4 Å². The van der Waals surface area contributed by atoms with Crippen molar-refractivity contribution in [2.24, 2.45) is 10.2 Å². The number of carbonyl (C=O) groups excluding carboxylic acids is 1. The van der Waals surface area contributed by atoms with Crippen molar-refractivity contribution < 1.29 is 14.7 Å². The molecule has 0 unspecified atom stereocenters. The molecule has 29 heavy (non-hydrogen) atoms. The average Bonchev–Trinajstić information content (AvgIpc) is 3.34. The van der Waals surface area contributed by atoms with Crippen LogP contribution in [0.4, 0.5) is 10.8 Å². The number of azo groups is 1. The molecule has 0 atom stereocenters. The van der Waals surface area contributed by atoms with Crippen molar-refractivity contribution in [3.05, 3.63) is 82.2 Å². The van der Waals surface area contributed by atoms with Gasteiger partial charge in [0.15, 0.2) is 5.70 Å². The Bertz CT molecular complexity index is 1080. The summed E-state index contributed by atoms with van der Waals surface area (Å²) in [6.07, 6.45) is 0.163. The molecule has 2 N–H and O–H groups in total. The molecule has 10 heteroatoms. The molecule has 2 aromatic carbocycles. The van der Waals surface area contributed by atoms with Crippen LogP contribution in [-0.2, 0) is 16.1 Å². The lowest BCUT2D eigenvalue weighted by Gasteiger charge is -2.17. The third-order valence-electron chi connectivity index (χ3n) is 3.92. The number of hydrazine groups is 1. The molecule has 2 heterocycles. The van der Waals surface area contributed by atoms with Gasteiger partial charge in [-0.1, -0.05) is 47.5 Å². The maximum Gasteiger partial charge on any atom is 0.327 e. The third kappa shape index (κ3) is 4.43. The van der Waals surface area contributed by atoms with Crippen molar-refractivity contribution in [3.63, 3.8) is 0 Å². The van der Waals surface area contributed by atoms with Crippen LogP contribution in [0.2, 0.25) is 5.02 Å². The number of amides is 1. The molecule has 0 radical (unpaired) electrons. The van der Waals surface area contributed by atoms with Gasteiger partial charge in [0, 0.05) is 10.4 Å². The Labute approximate surface area is 174 Å². The van der Waals surface area contributed by atoms with Crippen molar-refractivity contribution in [1.82, 2.24) is 10.6 Å². The van der Waals surface area contributed by atoms with E-state index in [1.54, 1.807) is 29.6 Å². The van der Waals surface area contributed by atoms with E-state index in [0.29, 0.717) is 22.1 Å². The standard InChI is InChI=1S/C19H14ClN5O3S/c20-13-6-8-14(9-7-13)25-17(18(27)28-24-25)15-11-29-19(21-15)23-22-16(26)10-12-4-2-1-3-5-12/h1-9,11,24,27H,10H2. The zero-order chi connectivity index (χ0) is 20.2. The van der Waals surface area contributed by atoms with Gasteiger partial charge in [-0.2, -0.15) is 0 Å². The molecule has 0 saturated heterocycles. The summed E-state index contributed by atoms with van der Waals surface area (Å²) in [5.74, 6) is -0.711. The summed E-state index contributed by atoms with van der Waals surface area (Å²) in [5, 5.41) is 21.8. The van der Waals surface area contributed by atoms with E-state index in [9.17, 15) is 9.90 Å². The molecule has 0 fully saturated rings. The van der Waals surface area contributed by atoms with E-state index in [4.69, 9.17) is 16.4 Å². The first-order valence-electron chi connectivity index (χ1n) is 8.46. The lowest BCUT2D eigenvalue weighted by Crippen LogP contribution is -2.30. The van der Waals surface area contributed by atoms with Crippen molar-refractivity contribution in [2.45, 2.75) is 6.42 Å². The summed E-state index contributed by atoms with van der Waals surface area (Å²) in [6, 6.07) is 16.2. The number of aromatic nitrogens is 1. The fourth-order valence-electron chi connectivity index (χ4n) is 2.60. The van der Waals surface area contributed by atoms with E-state index in [1.807, 2.05) is 30.3 Å². The van der Waals surface area contributed by atoms with Crippen molar-refractivity contribution in [3.8, 4) is 0 Å². The van der Waals surface area contributed by atoms with Crippen LogP contribution in [0.15, 0.2) is 76.2 Å². The average molecular weight is 428 g/mol. The first-order valence-corrected chi connectivity index (χ1v) is 9.72. The van der Waals surface area contributed by atoms with E-state index >= 15 is 0 Å². The number of carbonyl (C=O) groups is 1. The highest BCUT2D eigenvalue weighted by atomic mass is 35.5. The zero-order valence-corrected chi connectivity index (χ0v) is 16.4. The summed E-state index contributed by atoms with van der Waals surface area (Å²) >= 11 is 7.11. The Balaban J connectivity index is 1.49. The molecule has 0 bridgehead atoms. The number of benzene rings is 2. The molecular weight excluding hydrogens is 414 g/mol. The number of anilines is 1. The maximum absolute atomic E-state index is 12.0. The number of nitrogens with one attached hydrogen (secondary N) is 1. The Kier molecular flexibility index (Phi) is 5.52. The largest absolute Gasteiger partial charge is 0.478 e. The fourth-order valence-corrected chi connectivity index (χ4v) is 3.34. The number of rotatable bonds is 5. The molecule has 1 aliphatic heterocycles. The third-order valence-corrected chi connectivity index (χ3v) is 4.90. The predicted octanol–water partition coefficient (Wildman–Crippen LogP) is 4.79. The highest BCUT2D eigenvalue weighted by molar-refractivity contribution is 7.13. The molecule has 146 valence electrons. The van der Waals surface area contributed by atoms with Gasteiger partial charge < -0.3 is 9.94 Å². The molecule has 8 nitrogen and oxygen atoms in total. The molecule has 4 rings (SSSR count). The van der Waals surface area contributed by atoms with Gasteiger partial charge in [0.2, 0.25) is 5.13 Å². The van der Waals surface area contributed by atoms with E-state index in [2.05, 4.69) is 20.8 Å². The normalized spacial score (nSPS) is 13.9. The Hall–Kier alpha value is -3.27. The molecule has 0 aliphatic carbocycles. The van der Waals surface area contributed by atoms with Crippen LogP contribution in [0.1, 0.15) is 11.3 Å². The van der Waals surface area contributed by atoms with E-state index in [1.165, 1.54) is 16.3 Å². The Morgan fingerprint density at radius 3 is 2.72 bits per heavy atom. The van der Waals surface area contributed by atoms with Gasteiger partial charge in [0.1, 0.15) is 5.69 Å². The molecule has 1 aliphatic rings. The number of hydrogen-bond acceptors (Lipinski definition) is 8. The summed E-state index contributed by atoms with van der Waals surface area (Å²) in [7, 11) is 0. The minimum absolute atomic E-state index is 0.163. The van der Waals surface area contributed by atoms with Crippen molar-refractivity contribution in [1.29, 1.82) is 0 Å². The summed E-state index contributed by atoms with van der Waals surface area (Å²) in [5.41, 5.74) is 4.86. The van der Waals surface area contributed by atoms with Crippen molar-refractivity contribution in [2.75, 3.05) is 5.01 Å². The summed E-state index contributed by atoms with van der Waals surface area (Å²) in [6.45, 7) is 0. The van der Waals surface area contributed by atoms with E-state index in [0.717, 1.165) is 5.56 Å². The van der Waals surface area contributed by atoms with Gasteiger partial charge in [-0.25, -0.2) is 9.99 Å². The molecule has 0 spiro atoms. The van der Waals surface area contributed by atoms with Crippen LogP contribution in [0.3, 0.4) is 0 Å². The minimum Gasteiger partial charge on any atom is -0.478 e. The summed E-state index contributed by atoms with van der Waals surface area (Å²) in [4.78, 5) is 21.3. The van der Waals surface area contributed by atoms with Crippen LogP contribution in [-0.4, -0.2) is 16.0 Å². The van der Waals surface area contributed by atoms with E-state index < -0.39 is 0 Å². The highest BCUT2D eigenvalue weighted by Crippen LogP contribution is 2.33. The molecular formula is C19H14ClN5O3S. The second-order valence-electron chi connectivity index (χ2n) is 5.93. The first-order chi connectivity index (χ1) is 14.1. The number of aliphatic hydroxyl groups excluding tert-OH is 1. The second kappa shape index (κ2) is 8.39. The smallest absolute Gasteiger partial charge is 0.327 e. The van der Waals surface area contributed by atoms with Crippen LogP contribution >= 0.6 is 22.9 Å². The van der Waals surface area contributed by atoms with Crippen LogP contribution in [0.25, 0.3) is 5.70 Å². The van der Waals surface area contributed by atoms with Crippen LogP contribution < -0.4 is 10.6 Å². The Morgan fingerprint density at radius 2 is 1.97 bits per heavy atom. The first kappa shape index (κ1) is 19.1. The Morgan fingerprint density at radius 1 is 1.21 bits per heavy atom. The molecule has 1 aromatic heterocycles. The molecule has 1 amide bonds. The lowest BCUT2D eigenvalue weighted by atomic mass is 10.1. The highest BCUT2D eigenvalue weighted by Gasteiger charge is 2.29. The van der Waals surface area contributed by atoms with E-state index in [-0.39, 0.29) is 23.4 Å².